The highest BCUT2D eigenvalue weighted by atomic mass is 16.1. The summed E-state index contributed by atoms with van der Waals surface area (Å²) in [5.74, 6) is 1.21. The summed E-state index contributed by atoms with van der Waals surface area (Å²) in [4.78, 5) is 20.5. The lowest BCUT2D eigenvalue weighted by Crippen LogP contribution is -2.33. The number of amides is 1. The summed E-state index contributed by atoms with van der Waals surface area (Å²) in [7, 11) is 0. The van der Waals surface area contributed by atoms with E-state index in [-0.39, 0.29) is 11.9 Å². The normalized spacial score (nSPS) is 12.2. The molecule has 0 aliphatic heterocycles. The molecule has 5 heteroatoms. The lowest BCUT2D eigenvalue weighted by Gasteiger charge is -2.14. The summed E-state index contributed by atoms with van der Waals surface area (Å²) < 4.78 is 0. The van der Waals surface area contributed by atoms with Crippen molar-refractivity contribution in [3.05, 3.63) is 18.1 Å². The Bertz CT molecular complexity index is 434. The van der Waals surface area contributed by atoms with Crippen molar-refractivity contribution < 1.29 is 4.79 Å². The van der Waals surface area contributed by atoms with Crippen LogP contribution in [0.25, 0.3) is 0 Å². The first-order valence-electron chi connectivity index (χ1n) is 7.89. The van der Waals surface area contributed by atoms with E-state index in [9.17, 15) is 4.79 Å². The minimum absolute atomic E-state index is 0.153. The SMILES string of the molecule is CCCNc1cncc(C(=O)NC(C)CCCC(C)C)n1. The Morgan fingerprint density at radius 2 is 2.00 bits per heavy atom. The molecule has 0 bridgehead atoms. The van der Waals surface area contributed by atoms with Gasteiger partial charge in [0.1, 0.15) is 11.5 Å². The van der Waals surface area contributed by atoms with Gasteiger partial charge in [0.2, 0.25) is 0 Å². The maximum Gasteiger partial charge on any atom is 0.271 e. The Hall–Kier alpha value is -1.65. The van der Waals surface area contributed by atoms with Gasteiger partial charge in [-0.3, -0.25) is 9.78 Å². The predicted octanol–water partition coefficient (Wildman–Crippen LogP) is 3.24. The van der Waals surface area contributed by atoms with Gasteiger partial charge in [0, 0.05) is 12.6 Å². The molecule has 1 unspecified atom stereocenters. The Kier molecular flexibility index (Phi) is 7.72. The number of nitrogens with zero attached hydrogens (tertiary/aromatic N) is 2. The molecule has 0 aromatic carbocycles. The molecule has 0 aliphatic rings. The van der Waals surface area contributed by atoms with E-state index in [4.69, 9.17) is 0 Å². The van der Waals surface area contributed by atoms with Gasteiger partial charge >= 0.3 is 0 Å². The van der Waals surface area contributed by atoms with Crippen LogP contribution in [0.4, 0.5) is 5.82 Å². The average molecular weight is 292 g/mol. The second kappa shape index (κ2) is 9.32. The Labute approximate surface area is 128 Å². The molecule has 0 spiro atoms. The molecular formula is C16H28N4O. The molecule has 0 radical (unpaired) electrons. The number of carbonyl (C=O) groups is 1. The van der Waals surface area contributed by atoms with Crippen LogP contribution < -0.4 is 10.6 Å². The highest BCUT2D eigenvalue weighted by Gasteiger charge is 2.12. The molecule has 1 rings (SSSR count). The molecule has 1 amide bonds. The van der Waals surface area contributed by atoms with Gasteiger partial charge < -0.3 is 10.6 Å². The Morgan fingerprint density at radius 1 is 1.24 bits per heavy atom. The first kappa shape index (κ1) is 17.4. The van der Waals surface area contributed by atoms with Crippen molar-refractivity contribution in [3.8, 4) is 0 Å². The fourth-order valence-electron chi connectivity index (χ4n) is 2.02. The molecule has 5 nitrogen and oxygen atoms in total. The second-order valence-corrected chi connectivity index (χ2v) is 5.92. The summed E-state index contributed by atoms with van der Waals surface area (Å²) in [5, 5.41) is 6.12. The Balaban J connectivity index is 2.47. The second-order valence-electron chi connectivity index (χ2n) is 5.92. The zero-order valence-corrected chi connectivity index (χ0v) is 13.6. The highest BCUT2D eigenvalue weighted by Crippen LogP contribution is 2.09. The zero-order valence-electron chi connectivity index (χ0n) is 13.6. The smallest absolute Gasteiger partial charge is 0.271 e. The van der Waals surface area contributed by atoms with Crippen LogP contribution in [-0.4, -0.2) is 28.5 Å². The van der Waals surface area contributed by atoms with Gasteiger partial charge in [-0.05, 0) is 25.7 Å². The standard InChI is InChI=1S/C16H28N4O/c1-5-9-18-15-11-17-10-14(20-15)16(21)19-13(4)8-6-7-12(2)3/h10-13H,5-9H2,1-4H3,(H,18,20)(H,19,21). The van der Waals surface area contributed by atoms with Crippen LogP contribution in [0.1, 0.15) is 63.9 Å². The summed E-state index contributed by atoms with van der Waals surface area (Å²) in [5.41, 5.74) is 0.367. The molecule has 2 N–H and O–H groups in total. The van der Waals surface area contributed by atoms with Crippen molar-refractivity contribution in [2.24, 2.45) is 5.92 Å². The summed E-state index contributed by atoms with van der Waals surface area (Å²) in [6, 6.07) is 0.158. The van der Waals surface area contributed by atoms with Crippen LogP contribution in [0.5, 0.6) is 0 Å². The lowest BCUT2D eigenvalue weighted by molar-refractivity contribution is 0.0932. The van der Waals surface area contributed by atoms with Gasteiger partial charge in [-0.1, -0.05) is 33.6 Å². The maximum atomic E-state index is 12.1. The van der Waals surface area contributed by atoms with Gasteiger partial charge in [0.05, 0.1) is 12.4 Å². The summed E-state index contributed by atoms with van der Waals surface area (Å²) in [6.45, 7) is 9.37. The van der Waals surface area contributed by atoms with Gasteiger partial charge in [-0.25, -0.2) is 4.98 Å². The third-order valence-corrected chi connectivity index (χ3v) is 3.22. The lowest BCUT2D eigenvalue weighted by atomic mass is 10.0. The number of nitrogens with one attached hydrogen (secondary N) is 2. The van der Waals surface area contributed by atoms with E-state index in [0.717, 1.165) is 25.8 Å². The van der Waals surface area contributed by atoms with Gasteiger partial charge in [0.25, 0.3) is 5.91 Å². The van der Waals surface area contributed by atoms with Gasteiger partial charge in [0.15, 0.2) is 0 Å². The molecule has 1 atom stereocenters. The van der Waals surface area contributed by atoms with Crippen LogP contribution in [0, 0.1) is 5.92 Å². The number of anilines is 1. The monoisotopic (exact) mass is 292 g/mol. The molecule has 118 valence electrons. The number of hydrogen-bond acceptors (Lipinski definition) is 4. The van der Waals surface area contributed by atoms with Crippen molar-refractivity contribution in [1.29, 1.82) is 0 Å². The number of carbonyl (C=O) groups excluding carboxylic acids is 1. The first-order chi connectivity index (χ1) is 10.0. The molecule has 0 saturated heterocycles. The predicted molar refractivity (Wildman–Crippen MR) is 86.4 cm³/mol. The van der Waals surface area contributed by atoms with Crippen LogP contribution >= 0.6 is 0 Å². The number of hydrogen-bond donors (Lipinski definition) is 2. The quantitative estimate of drug-likeness (QED) is 0.733. The van der Waals surface area contributed by atoms with Crippen molar-refractivity contribution in [1.82, 2.24) is 15.3 Å². The fourth-order valence-corrected chi connectivity index (χ4v) is 2.02. The van der Waals surface area contributed by atoms with Crippen LogP contribution in [0.15, 0.2) is 12.4 Å². The molecule has 1 heterocycles. The third-order valence-electron chi connectivity index (χ3n) is 3.22. The topological polar surface area (TPSA) is 66.9 Å². The van der Waals surface area contributed by atoms with Crippen molar-refractivity contribution in [2.45, 2.75) is 59.4 Å². The van der Waals surface area contributed by atoms with Crippen LogP contribution in [0.3, 0.4) is 0 Å². The molecule has 1 aromatic heterocycles. The number of aromatic nitrogens is 2. The average Bonchev–Trinajstić information content (AvgIpc) is 2.45. The molecule has 0 fully saturated rings. The third kappa shape index (κ3) is 7.06. The summed E-state index contributed by atoms with van der Waals surface area (Å²) in [6.07, 6.45) is 7.46. The van der Waals surface area contributed by atoms with Crippen LogP contribution in [0.2, 0.25) is 0 Å². The maximum absolute atomic E-state index is 12.1. The molecule has 1 aromatic rings. The number of rotatable bonds is 9. The molecule has 21 heavy (non-hydrogen) atoms. The van der Waals surface area contributed by atoms with E-state index in [1.165, 1.54) is 12.6 Å². The van der Waals surface area contributed by atoms with Gasteiger partial charge in [-0.2, -0.15) is 0 Å². The van der Waals surface area contributed by atoms with E-state index in [1.54, 1.807) is 6.20 Å². The van der Waals surface area contributed by atoms with E-state index >= 15 is 0 Å². The van der Waals surface area contributed by atoms with Crippen molar-refractivity contribution >= 4 is 11.7 Å². The van der Waals surface area contributed by atoms with E-state index in [1.807, 2.05) is 6.92 Å². The first-order valence-corrected chi connectivity index (χ1v) is 7.89. The van der Waals surface area contributed by atoms with Gasteiger partial charge in [-0.15, -0.1) is 0 Å². The van der Waals surface area contributed by atoms with Crippen LogP contribution in [-0.2, 0) is 0 Å². The van der Waals surface area contributed by atoms with E-state index in [2.05, 4.69) is 41.4 Å². The zero-order chi connectivity index (χ0) is 15.7. The minimum Gasteiger partial charge on any atom is -0.369 e. The molecule has 0 saturated carbocycles. The molecule has 0 aliphatic carbocycles. The van der Waals surface area contributed by atoms with Crippen molar-refractivity contribution in [2.75, 3.05) is 11.9 Å². The fraction of sp³-hybridized carbons (Fsp3) is 0.688. The van der Waals surface area contributed by atoms with E-state index in [0.29, 0.717) is 17.4 Å². The highest BCUT2D eigenvalue weighted by molar-refractivity contribution is 5.92. The van der Waals surface area contributed by atoms with Crippen molar-refractivity contribution in [3.63, 3.8) is 0 Å². The molecular weight excluding hydrogens is 264 g/mol. The minimum atomic E-state index is -0.153. The summed E-state index contributed by atoms with van der Waals surface area (Å²) >= 11 is 0. The van der Waals surface area contributed by atoms with E-state index < -0.39 is 0 Å². The Morgan fingerprint density at radius 3 is 2.67 bits per heavy atom. The largest absolute Gasteiger partial charge is 0.369 e.